The van der Waals surface area contributed by atoms with Crippen LogP contribution in [0.4, 0.5) is 0 Å². The molecule has 0 saturated carbocycles. The Balaban J connectivity index is -0.000000122. The van der Waals surface area contributed by atoms with Gasteiger partial charge in [0.05, 0.1) is 0 Å². The monoisotopic (exact) mass is 507 g/mol. The minimum Gasteiger partial charge on any atom is -0.100 e. The van der Waals surface area contributed by atoms with Gasteiger partial charge in [0.15, 0.2) is 0 Å². The van der Waals surface area contributed by atoms with E-state index in [9.17, 15) is 0 Å². The standard InChI is InChI=1S/C12H26.C10H16.C8H18.C4H8.C2H6/c1-6-9-10-11(7-2)12(4,5)8-3;1-8(2)6-7-10(5)9(3)4;1-5-7-8(3,4)6-2;1-4(2)3;1-2/h11H,6-10H2,1-5H3;6-7H,1H2,2-5H3;5-7H2,1-4H3;1H2,2-3H3;1-2H3/b;7-6-;;;. The third-order valence-electron chi connectivity index (χ3n) is 6.71. The summed E-state index contributed by atoms with van der Waals surface area (Å²) in [6, 6.07) is 0. The number of rotatable bonds is 11. The maximum absolute atomic E-state index is 3.78. The molecule has 0 radical (unpaired) electrons. The summed E-state index contributed by atoms with van der Waals surface area (Å²) in [5.41, 5.74) is 6.10. The van der Waals surface area contributed by atoms with Crippen LogP contribution < -0.4 is 0 Å². The van der Waals surface area contributed by atoms with E-state index in [0.717, 1.165) is 11.5 Å². The van der Waals surface area contributed by atoms with Crippen LogP contribution >= 0.6 is 0 Å². The van der Waals surface area contributed by atoms with Gasteiger partial charge in [0.25, 0.3) is 0 Å². The molecule has 0 bridgehead atoms. The Labute approximate surface area is 233 Å². The zero-order valence-corrected chi connectivity index (χ0v) is 28.8. The molecule has 0 aromatic rings. The first-order chi connectivity index (χ1) is 16.5. The largest absolute Gasteiger partial charge is 0.100 e. The zero-order chi connectivity index (χ0) is 30.0. The van der Waals surface area contributed by atoms with Crippen LogP contribution in [0.3, 0.4) is 0 Å². The van der Waals surface area contributed by atoms with Crippen molar-refractivity contribution in [2.45, 2.75) is 169 Å². The average molecular weight is 507 g/mol. The van der Waals surface area contributed by atoms with Gasteiger partial charge in [0.1, 0.15) is 0 Å². The fraction of sp³-hybridized carbons (Fsp3) is 0.778. The molecule has 0 heteroatoms. The summed E-state index contributed by atoms with van der Waals surface area (Å²) in [5, 5.41) is 0. The van der Waals surface area contributed by atoms with Crippen LogP contribution in [0.2, 0.25) is 0 Å². The molecule has 36 heavy (non-hydrogen) atoms. The third-order valence-corrected chi connectivity index (χ3v) is 6.71. The Morgan fingerprint density at radius 2 is 1.17 bits per heavy atom. The Kier molecular flexibility index (Phi) is 35.6. The van der Waals surface area contributed by atoms with E-state index < -0.39 is 0 Å². The van der Waals surface area contributed by atoms with E-state index in [0.29, 0.717) is 10.8 Å². The molecule has 0 aliphatic heterocycles. The Hall–Kier alpha value is -1.04. The van der Waals surface area contributed by atoms with E-state index in [1.54, 1.807) is 0 Å². The van der Waals surface area contributed by atoms with E-state index in [1.165, 1.54) is 68.1 Å². The van der Waals surface area contributed by atoms with Gasteiger partial charge in [-0.2, -0.15) is 0 Å². The minimum absolute atomic E-state index is 0.559. The molecule has 0 N–H and O–H groups in total. The smallest absolute Gasteiger partial charge is 0.0329 e. The fourth-order valence-electron chi connectivity index (χ4n) is 3.17. The van der Waals surface area contributed by atoms with Gasteiger partial charge in [0, 0.05) is 0 Å². The highest BCUT2D eigenvalue weighted by Crippen LogP contribution is 2.36. The first-order valence-corrected chi connectivity index (χ1v) is 15.1. The van der Waals surface area contributed by atoms with Crippen LogP contribution in [-0.4, -0.2) is 0 Å². The normalized spacial score (nSPS) is 11.2. The second-order valence-electron chi connectivity index (χ2n) is 11.9. The SMILES string of the molecule is C=C(C)/C=C\C(C)=C(C)C.C=C(C)C.CC.CCCC(C)(C)CC.CCCCC(CC)C(C)(C)CC. The molecule has 0 aromatic heterocycles. The summed E-state index contributed by atoms with van der Waals surface area (Å²) < 4.78 is 0. The Morgan fingerprint density at radius 3 is 1.39 bits per heavy atom. The van der Waals surface area contributed by atoms with Crippen molar-refractivity contribution in [1.29, 1.82) is 0 Å². The lowest BCUT2D eigenvalue weighted by Crippen LogP contribution is -2.22. The molecule has 0 amide bonds. The van der Waals surface area contributed by atoms with Crippen molar-refractivity contribution >= 4 is 0 Å². The van der Waals surface area contributed by atoms with Gasteiger partial charge in [-0.25, -0.2) is 0 Å². The van der Waals surface area contributed by atoms with Crippen LogP contribution in [0.25, 0.3) is 0 Å². The molecule has 0 aliphatic carbocycles. The molecule has 0 aliphatic rings. The zero-order valence-electron chi connectivity index (χ0n) is 28.8. The van der Waals surface area contributed by atoms with Crippen molar-refractivity contribution in [3.8, 4) is 0 Å². The lowest BCUT2D eigenvalue weighted by Gasteiger charge is -2.33. The van der Waals surface area contributed by atoms with E-state index >= 15 is 0 Å². The summed E-state index contributed by atoms with van der Waals surface area (Å²) >= 11 is 0. The van der Waals surface area contributed by atoms with Crippen molar-refractivity contribution in [2.24, 2.45) is 16.7 Å². The highest BCUT2D eigenvalue weighted by Gasteiger charge is 2.25. The molecule has 0 aromatic carbocycles. The highest BCUT2D eigenvalue weighted by atomic mass is 14.3. The van der Waals surface area contributed by atoms with E-state index in [4.69, 9.17) is 0 Å². The van der Waals surface area contributed by atoms with Gasteiger partial charge in [-0.15, -0.1) is 6.58 Å². The molecule has 1 atom stereocenters. The maximum Gasteiger partial charge on any atom is -0.0329 e. The first kappa shape index (κ1) is 44.9. The van der Waals surface area contributed by atoms with Crippen LogP contribution in [0.1, 0.15) is 169 Å². The van der Waals surface area contributed by atoms with Gasteiger partial charge in [-0.05, 0) is 71.1 Å². The number of hydrogen-bond donors (Lipinski definition) is 0. The first-order valence-electron chi connectivity index (χ1n) is 15.1. The van der Waals surface area contributed by atoms with Crippen molar-refractivity contribution in [1.82, 2.24) is 0 Å². The summed E-state index contributed by atoms with van der Waals surface area (Å²) in [6.07, 6.45) is 15.0. The van der Waals surface area contributed by atoms with Gasteiger partial charge in [-0.1, -0.05) is 156 Å². The number of unbranched alkanes of at least 4 members (excludes halogenated alkanes) is 1. The highest BCUT2D eigenvalue weighted by molar-refractivity contribution is 5.26. The predicted molar refractivity (Wildman–Crippen MR) is 176 cm³/mol. The molecular formula is C36H74. The molecule has 0 heterocycles. The topological polar surface area (TPSA) is 0 Å². The third kappa shape index (κ3) is 37.5. The van der Waals surface area contributed by atoms with Crippen molar-refractivity contribution < 1.29 is 0 Å². The maximum atomic E-state index is 3.78. The van der Waals surface area contributed by atoms with Crippen LogP contribution in [0.15, 0.2) is 47.6 Å². The van der Waals surface area contributed by atoms with E-state index in [1.807, 2.05) is 40.7 Å². The summed E-state index contributed by atoms with van der Waals surface area (Å²) in [4.78, 5) is 0. The van der Waals surface area contributed by atoms with Crippen LogP contribution in [0, 0.1) is 16.7 Å². The van der Waals surface area contributed by atoms with Crippen LogP contribution in [0.5, 0.6) is 0 Å². The summed E-state index contributed by atoms with van der Waals surface area (Å²) in [7, 11) is 0. The molecule has 0 fully saturated rings. The number of hydrogen-bond acceptors (Lipinski definition) is 0. The van der Waals surface area contributed by atoms with Gasteiger partial charge in [0.2, 0.25) is 0 Å². The molecular weight excluding hydrogens is 432 g/mol. The molecule has 218 valence electrons. The van der Waals surface area contributed by atoms with E-state index in [2.05, 4.69) is 102 Å². The Morgan fingerprint density at radius 1 is 0.722 bits per heavy atom. The lowest BCUT2D eigenvalue weighted by molar-refractivity contribution is 0.181. The van der Waals surface area contributed by atoms with Crippen molar-refractivity contribution in [3.05, 3.63) is 47.6 Å². The minimum atomic E-state index is 0.559. The van der Waals surface area contributed by atoms with Gasteiger partial charge in [-0.3, -0.25) is 0 Å². The van der Waals surface area contributed by atoms with E-state index in [-0.39, 0.29) is 0 Å². The second kappa shape index (κ2) is 28.5. The summed E-state index contributed by atoms with van der Waals surface area (Å²) in [5.74, 6) is 0.933. The predicted octanol–water partition coefficient (Wildman–Crippen LogP) is 13.9. The molecule has 0 spiro atoms. The van der Waals surface area contributed by atoms with Gasteiger partial charge >= 0.3 is 0 Å². The lowest BCUT2D eigenvalue weighted by atomic mass is 9.73. The van der Waals surface area contributed by atoms with Crippen molar-refractivity contribution in [2.75, 3.05) is 0 Å². The Bertz CT molecular complexity index is 543. The molecule has 0 nitrogen and oxygen atoms in total. The molecule has 0 saturated heterocycles. The molecule has 0 rings (SSSR count). The van der Waals surface area contributed by atoms with Crippen molar-refractivity contribution in [3.63, 3.8) is 0 Å². The number of allylic oxidation sites excluding steroid dienone is 6. The van der Waals surface area contributed by atoms with Crippen LogP contribution in [-0.2, 0) is 0 Å². The summed E-state index contributed by atoms with van der Waals surface area (Å²) in [6.45, 7) is 44.5. The fourth-order valence-corrected chi connectivity index (χ4v) is 3.17. The second-order valence-corrected chi connectivity index (χ2v) is 11.9. The average Bonchev–Trinajstić information content (AvgIpc) is 2.79. The quantitative estimate of drug-likeness (QED) is 0.193. The van der Waals surface area contributed by atoms with Gasteiger partial charge < -0.3 is 0 Å². The molecule has 1 unspecified atom stereocenters.